The van der Waals surface area contributed by atoms with E-state index in [0.29, 0.717) is 12.6 Å². The first-order chi connectivity index (χ1) is 8.27. The normalized spacial score (nSPS) is 29.2. The fourth-order valence-corrected chi connectivity index (χ4v) is 2.71. The summed E-state index contributed by atoms with van der Waals surface area (Å²) in [5.74, 6) is 1.43. The van der Waals surface area contributed by atoms with Gasteiger partial charge < -0.3 is 0 Å². The molecule has 0 bridgehead atoms. The van der Waals surface area contributed by atoms with Crippen molar-refractivity contribution in [2.24, 2.45) is 11.8 Å². The maximum Gasteiger partial charge on any atom is 0.0933 e. The molecule has 0 saturated heterocycles. The average molecular weight is 233 g/mol. The molecule has 1 aliphatic rings. The Morgan fingerprint density at radius 1 is 1.12 bits per heavy atom. The molecule has 1 N–H and O–H groups in total. The van der Waals surface area contributed by atoms with E-state index in [9.17, 15) is 0 Å². The zero-order chi connectivity index (χ0) is 12.1. The van der Waals surface area contributed by atoms with Gasteiger partial charge in [0.2, 0.25) is 0 Å². The molecule has 1 fully saturated rings. The van der Waals surface area contributed by atoms with Crippen LogP contribution in [-0.4, -0.2) is 6.04 Å². The van der Waals surface area contributed by atoms with Crippen LogP contribution in [-0.2, 0) is 11.4 Å². The van der Waals surface area contributed by atoms with Crippen molar-refractivity contribution < 1.29 is 4.84 Å². The molecular formula is C15H23NO. The molecule has 1 aromatic carbocycles. The summed E-state index contributed by atoms with van der Waals surface area (Å²) < 4.78 is 0. The minimum atomic E-state index is 0.507. The van der Waals surface area contributed by atoms with Gasteiger partial charge in [-0.1, -0.05) is 50.6 Å². The quantitative estimate of drug-likeness (QED) is 0.803. The van der Waals surface area contributed by atoms with Crippen LogP contribution in [0.1, 0.15) is 38.7 Å². The molecule has 1 aliphatic carbocycles. The van der Waals surface area contributed by atoms with E-state index in [1.807, 2.05) is 18.2 Å². The Kier molecular flexibility index (Phi) is 4.57. The zero-order valence-corrected chi connectivity index (χ0v) is 10.9. The second-order valence-corrected chi connectivity index (χ2v) is 5.30. The monoisotopic (exact) mass is 233 g/mol. The predicted molar refractivity (Wildman–Crippen MR) is 70.3 cm³/mol. The topological polar surface area (TPSA) is 21.3 Å². The van der Waals surface area contributed by atoms with Crippen molar-refractivity contribution in [3.8, 4) is 0 Å². The fraction of sp³-hybridized carbons (Fsp3) is 0.600. The molecule has 0 aliphatic heterocycles. The number of hydrogen-bond donors (Lipinski definition) is 1. The van der Waals surface area contributed by atoms with Gasteiger partial charge in [0.05, 0.1) is 6.61 Å². The third-order valence-electron chi connectivity index (χ3n) is 3.85. The van der Waals surface area contributed by atoms with Crippen molar-refractivity contribution in [2.45, 2.75) is 45.8 Å². The lowest BCUT2D eigenvalue weighted by Crippen LogP contribution is -2.42. The predicted octanol–water partition coefficient (Wildman–Crippen LogP) is 3.53. The van der Waals surface area contributed by atoms with E-state index in [1.54, 1.807) is 0 Å². The summed E-state index contributed by atoms with van der Waals surface area (Å²) in [6.07, 6.45) is 3.99. The first-order valence-electron chi connectivity index (χ1n) is 6.68. The van der Waals surface area contributed by atoms with Gasteiger partial charge in [0.1, 0.15) is 0 Å². The van der Waals surface area contributed by atoms with Crippen LogP contribution in [0.3, 0.4) is 0 Å². The van der Waals surface area contributed by atoms with E-state index in [2.05, 4.69) is 31.5 Å². The van der Waals surface area contributed by atoms with Crippen LogP contribution in [0.15, 0.2) is 30.3 Å². The number of nitrogens with one attached hydrogen (secondary N) is 1. The smallest absolute Gasteiger partial charge is 0.0933 e. The molecule has 0 amide bonds. The summed E-state index contributed by atoms with van der Waals surface area (Å²) in [5, 5.41) is 0. The Labute approximate surface area is 104 Å². The lowest BCUT2D eigenvalue weighted by Gasteiger charge is -2.34. The lowest BCUT2D eigenvalue weighted by molar-refractivity contribution is -0.0322. The fourth-order valence-electron chi connectivity index (χ4n) is 2.71. The van der Waals surface area contributed by atoms with Gasteiger partial charge in [-0.25, -0.2) is 0 Å². The van der Waals surface area contributed by atoms with E-state index in [4.69, 9.17) is 4.84 Å². The van der Waals surface area contributed by atoms with E-state index in [1.165, 1.54) is 24.8 Å². The van der Waals surface area contributed by atoms with E-state index in [-0.39, 0.29) is 0 Å². The molecule has 0 radical (unpaired) electrons. The second kappa shape index (κ2) is 6.18. The minimum Gasteiger partial charge on any atom is -0.297 e. The molecule has 1 aromatic rings. The van der Waals surface area contributed by atoms with Gasteiger partial charge >= 0.3 is 0 Å². The van der Waals surface area contributed by atoms with Gasteiger partial charge in [0.25, 0.3) is 0 Å². The van der Waals surface area contributed by atoms with Crippen molar-refractivity contribution in [3.63, 3.8) is 0 Å². The Morgan fingerprint density at radius 2 is 1.76 bits per heavy atom. The third-order valence-corrected chi connectivity index (χ3v) is 3.85. The first-order valence-corrected chi connectivity index (χ1v) is 6.68. The highest BCUT2D eigenvalue weighted by Crippen LogP contribution is 2.28. The highest BCUT2D eigenvalue weighted by Gasteiger charge is 2.27. The molecule has 0 heterocycles. The highest BCUT2D eigenvalue weighted by atomic mass is 16.6. The van der Waals surface area contributed by atoms with Gasteiger partial charge in [0, 0.05) is 6.04 Å². The molecule has 0 aromatic heterocycles. The third kappa shape index (κ3) is 3.55. The summed E-state index contributed by atoms with van der Waals surface area (Å²) >= 11 is 0. The lowest BCUT2D eigenvalue weighted by atomic mass is 9.79. The molecule has 2 heteroatoms. The zero-order valence-electron chi connectivity index (χ0n) is 10.9. The summed E-state index contributed by atoms with van der Waals surface area (Å²) in [7, 11) is 0. The number of benzene rings is 1. The molecule has 1 saturated carbocycles. The van der Waals surface area contributed by atoms with Crippen LogP contribution < -0.4 is 5.48 Å². The van der Waals surface area contributed by atoms with Gasteiger partial charge in [-0.3, -0.25) is 4.84 Å². The van der Waals surface area contributed by atoms with Crippen molar-refractivity contribution in [2.75, 3.05) is 0 Å². The van der Waals surface area contributed by atoms with Crippen LogP contribution in [0.2, 0.25) is 0 Å². The van der Waals surface area contributed by atoms with Crippen LogP contribution >= 0.6 is 0 Å². The van der Waals surface area contributed by atoms with Gasteiger partial charge in [-0.2, -0.15) is 5.48 Å². The van der Waals surface area contributed by atoms with Crippen LogP contribution in [0.4, 0.5) is 0 Å². The molecule has 2 rings (SSSR count). The SMILES string of the molecule is CC1CCCC(C)C1NOCc1ccccc1. The number of hydrogen-bond acceptors (Lipinski definition) is 2. The molecule has 2 unspecified atom stereocenters. The second-order valence-electron chi connectivity index (χ2n) is 5.30. The molecule has 2 nitrogen and oxygen atoms in total. The maximum atomic E-state index is 5.65. The van der Waals surface area contributed by atoms with Crippen LogP contribution in [0.5, 0.6) is 0 Å². The summed E-state index contributed by atoms with van der Waals surface area (Å²) in [6.45, 7) is 5.29. The van der Waals surface area contributed by atoms with Crippen molar-refractivity contribution >= 4 is 0 Å². The van der Waals surface area contributed by atoms with Crippen molar-refractivity contribution in [3.05, 3.63) is 35.9 Å². The molecular weight excluding hydrogens is 210 g/mol. The molecule has 0 spiro atoms. The Balaban J connectivity index is 1.77. The number of rotatable bonds is 4. The standard InChI is InChI=1S/C15H23NO/c1-12-7-6-8-13(2)15(12)16-17-11-14-9-4-3-5-10-14/h3-5,9-10,12-13,15-16H,6-8,11H2,1-2H3. The van der Waals surface area contributed by atoms with Gasteiger partial charge in [-0.05, 0) is 30.2 Å². The molecule has 2 atom stereocenters. The Bertz CT molecular complexity index is 315. The Morgan fingerprint density at radius 3 is 2.41 bits per heavy atom. The summed E-state index contributed by atoms with van der Waals surface area (Å²) in [4.78, 5) is 5.65. The minimum absolute atomic E-state index is 0.507. The maximum absolute atomic E-state index is 5.65. The first kappa shape index (κ1) is 12.6. The van der Waals surface area contributed by atoms with Crippen LogP contribution in [0.25, 0.3) is 0 Å². The van der Waals surface area contributed by atoms with Gasteiger partial charge in [0.15, 0.2) is 0 Å². The number of hydroxylamine groups is 1. The van der Waals surface area contributed by atoms with Gasteiger partial charge in [-0.15, -0.1) is 0 Å². The largest absolute Gasteiger partial charge is 0.297 e. The Hall–Kier alpha value is -0.860. The summed E-state index contributed by atoms with van der Waals surface area (Å²) in [6, 6.07) is 10.8. The van der Waals surface area contributed by atoms with E-state index in [0.717, 1.165) is 11.8 Å². The van der Waals surface area contributed by atoms with Crippen molar-refractivity contribution in [1.29, 1.82) is 0 Å². The van der Waals surface area contributed by atoms with E-state index >= 15 is 0 Å². The highest BCUT2D eigenvalue weighted by molar-refractivity contribution is 5.13. The van der Waals surface area contributed by atoms with Crippen LogP contribution in [0, 0.1) is 11.8 Å². The van der Waals surface area contributed by atoms with E-state index < -0.39 is 0 Å². The molecule has 94 valence electrons. The summed E-state index contributed by atoms with van der Waals surface area (Å²) in [5.41, 5.74) is 4.49. The average Bonchev–Trinajstić information content (AvgIpc) is 2.34. The molecule has 17 heavy (non-hydrogen) atoms. The van der Waals surface area contributed by atoms with Crippen molar-refractivity contribution in [1.82, 2.24) is 5.48 Å².